The van der Waals surface area contributed by atoms with Crippen molar-refractivity contribution in [2.24, 2.45) is 0 Å². The molecule has 0 amide bonds. The molecule has 2 rings (SSSR count). The fourth-order valence-electron chi connectivity index (χ4n) is 1.48. The summed E-state index contributed by atoms with van der Waals surface area (Å²) in [4.78, 5) is 4.60. The monoisotopic (exact) mass is 313 g/mol. The Labute approximate surface area is 113 Å². The Balaban J connectivity index is 2.33. The van der Waals surface area contributed by atoms with Crippen LogP contribution in [0.25, 0.3) is 10.6 Å². The lowest BCUT2D eigenvalue weighted by Gasteiger charge is -2.03. The van der Waals surface area contributed by atoms with Gasteiger partial charge in [-0.2, -0.15) is 0 Å². The van der Waals surface area contributed by atoms with Gasteiger partial charge in [-0.1, -0.05) is 13.8 Å². The van der Waals surface area contributed by atoms with Crippen LogP contribution in [-0.2, 0) is 0 Å². The molecule has 0 fully saturated rings. The van der Waals surface area contributed by atoms with Gasteiger partial charge in [0.15, 0.2) is 0 Å². The van der Waals surface area contributed by atoms with Gasteiger partial charge in [0, 0.05) is 10.9 Å². The third kappa shape index (κ3) is 2.75. The maximum atomic E-state index is 13.1. The maximum Gasteiger partial charge on any atom is 0.137 e. The molecule has 0 aliphatic heterocycles. The summed E-state index contributed by atoms with van der Waals surface area (Å²) in [7, 11) is 0. The molecule has 1 aromatic heterocycles. The van der Waals surface area contributed by atoms with Crippen molar-refractivity contribution in [2.45, 2.75) is 26.2 Å². The number of halogens is 2. The van der Waals surface area contributed by atoms with Gasteiger partial charge in [-0.25, -0.2) is 9.37 Å². The van der Waals surface area contributed by atoms with Crippen LogP contribution in [0.5, 0.6) is 0 Å². The molecule has 1 unspecified atom stereocenters. The first-order valence-electron chi connectivity index (χ1n) is 5.52. The first-order valence-corrected chi connectivity index (χ1v) is 7.20. The quantitative estimate of drug-likeness (QED) is 0.756. The molecular formula is C13H13BrFNS. The highest BCUT2D eigenvalue weighted by Crippen LogP contribution is 2.30. The van der Waals surface area contributed by atoms with Crippen LogP contribution >= 0.6 is 27.3 Å². The number of hydrogen-bond acceptors (Lipinski definition) is 2. The lowest BCUT2D eigenvalue weighted by atomic mass is 10.1. The molecule has 1 heterocycles. The van der Waals surface area contributed by atoms with Crippen LogP contribution in [0, 0.1) is 5.82 Å². The predicted molar refractivity (Wildman–Crippen MR) is 73.9 cm³/mol. The van der Waals surface area contributed by atoms with Gasteiger partial charge in [0.05, 0.1) is 10.2 Å². The van der Waals surface area contributed by atoms with Crippen LogP contribution in [0.2, 0.25) is 0 Å². The minimum atomic E-state index is -0.243. The van der Waals surface area contributed by atoms with Crippen LogP contribution in [0.1, 0.15) is 31.9 Å². The summed E-state index contributed by atoms with van der Waals surface area (Å²) in [5, 5.41) is 3.03. The van der Waals surface area contributed by atoms with Crippen molar-refractivity contribution < 1.29 is 4.39 Å². The first kappa shape index (κ1) is 12.7. The Bertz CT molecular complexity index is 524. The molecule has 0 aliphatic carbocycles. The standard InChI is InChI=1S/C13H13BrFNS/c1-3-8(2)12-7-17-13(16-12)9-4-5-11(15)10(14)6-9/h4-8H,3H2,1-2H3. The average molecular weight is 314 g/mol. The zero-order valence-electron chi connectivity index (χ0n) is 9.71. The first-order chi connectivity index (χ1) is 8.11. The second-order valence-corrected chi connectivity index (χ2v) is 5.73. The maximum absolute atomic E-state index is 13.1. The Morgan fingerprint density at radius 1 is 1.47 bits per heavy atom. The van der Waals surface area contributed by atoms with Crippen molar-refractivity contribution in [3.63, 3.8) is 0 Å². The van der Waals surface area contributed by atoms with Gasteiger partial charge in [-0.15, -0.1) is 11.3 Å². The molecule has 0 N–H and O–H groups in total. The SMILES string of the molecule is CCC(C)c1csc(-c2ccc(F)c(Br)c2)n1. The van der Waals surface area contributed by atoms with Crippen LogP contribution < -0.4 is 0 Å². The van der Waals surface area contributed by atoms with E-state index in [0.717, 1.165) is 22.7 Å². The minimum absolute atomic E-state index is 0.243. The lowest BCUT2D eigenvalue weighted by molar-refractivity contribution is 0.621. The van der Waals surface area contributed by atoms with E-state index in [4.69, 9.17) is 0 Å². The predicted octanol–water partition coefficient (Wildman–Crippen LogP) is 5.23. The van der Waals surface area contributed by atoms with Crippen LogP contribution in [0.4, 0.5) is 4.39 Å². The molecule has 0 saturated heterocycles. The number of rotatable bonds is 3. The molecule has 0 aliphatic rings. The lowest BCUT2D eigenvalue weighted by Crippen LogP contribution is -1.91. The molecule has 1 atom stereocenters. The van der Waals surface area contributed by atoms with E-state index in [0.29, 0.717) is 10.4 Å². The number of nitrogens with zero attached hydrogens (tertiary/aromatic N) is 1. The molecule has 1 aromatic carbocycles. The third-order valence-electron chi connectivity index (χ3n) is 2.81. The summed E-state index contributed by atoms with van der Waals surface area (Å²) in [6, 6.07) is 5.00. The van der Waals surface area contributed by atoms with Gasteiger partial charge in [0.2, 0.25) is 0 Å². The molecule has 1 nitrogen and oxygen atoms in total. The number of hydrogen-bond donors (Lipinski definition) is 0. The highest BCUT2D eigenvalue weighted by atomic mass is 79.9. The molecule has 0 saturated carbocycles. The van der Waals surface area contributed by atoms with Gasteiger partial charge in [-0.3, -0.25) is 0 Å². The molecule has 4 heteroatoms. The summed E-state index contributed by atoms with van der Waals surface area (Å²) in [5.74, 6) is 0.233. The molecular weight excluding hydrogens is 301 g/mol. The largest absolute Gasteiger partial charge is 0.241 e. The van der Waals surface area contributed by atoms with Crippen molar-refractivity contribution in [3.05, 3.63) is 39.6 Å². The summed E-state index contributed by atoms with van der Waals surface area (Å²) in [6.07, 6.45) is 1.08. The molecule has 90 valence electrons. The van der Waals surface area contributed by atoms with Crippen molar-refractivity contribution in [1.82, 2.24) is 4.98 Å². The Kier molecular flexibility index (Phi) is 3.94. The summed E-state index contributed by atoms with van der Waals surface area (Å²) >= 11 is 4.80. The van der Waals surface area contributed by atoms with Gasteiger partial charge in [-0.05, 0) is 46.5 Å². The Morgan fingerprint density at radius 3 is 2.88 bits per heavy atom. The van der Waals surface area contributed by atoms with E-state index in [9.17, 15) is 4.39 Å². The van der Waals surface area contributed by atoms with E-state index in [1.807, 2.05) is 0 Å². The molecule has 0 radical (unpaired) electrons. The van der Waals surface area contributed by atoms with E-state index in [2.05, 4.69) is 40.1 Å². The van der Waals surface area contributed by atoms with Gasteiger partial charge >= 0.3 is 0 Å². The Morgan fingerprint density at radius 2 is 2.24 bits per heavy atom. The normalized spacial score (nSPS) is 12.7. The fraction of sp³-hybridized carbons (Fsp3) is 0.308. The summed E-state index contributed by atoms with van der Waals surface area (Å²) in [5.41, 5.74) is 2.07. The van der Waals surface area contributed by atoms with E-state index >= 15 is 0 Å². The van der Waals surface area contributed by atoms with Crippen molar-refractivity contribution in [3.8, 4) is 10.6 Å². The number of aromatic nitrogens is 1. The summed E-state index contributed by atoms with van der Waals surface area (Å²) < 4.78 is 13.6. The van der Waals surface area contributed by atoms with E-state index in [1.54, 1.807) is 23.5 Å². The van der Waals surface area contributed by atoms with Gasteiger partial charge < -0.3 is 0 Å². The highest BCUT2D eigenvalue weighted by Gasteiger charge is 2.10. The number of benzene rings is 1. The van der Waals surface area contributed by atoms with E-state index in [1.165, 1.54) is 6.07 Å². The van der Waals surface area contributed by atoms with Crippen LogP contribution in [0.15, 0.2) is 28.1 Å². The highest BCUT2D eigenvalue weighted by molar-refractivity contribution is 9.10. The number of thiazole rings is 1. The second-order valence-electron chi connectivity index (χ2n) is 4.02. The van der Waals surface area contributed by atoms with Crippen LogP contribution in [-0.4, -0.2) is 4.98 Å². The molecule has 0 bridgehead atoms. The smallest absolute Gasteiger partial charge is 0.137 e. The molecule has 0 spiro atoms. The topological polar surface area (TPSA) is 12.9 Å². The van der Waals surface area contributed by atoms with E-state index < -0.39 is 0 Å². The van der Waals surface area contributed by atoms with Crippen molar-refractivity contribution in [1.29, 1.82) is 0 Å². The molecule has 17 heavy (non-hydrogen) atoms. The minimum Gasteiger partial charge on any atom is -0.241 e. The third-order valence-corrected chi connectivity index (χ3v) is 4.32. The fourth-order valence-corrected chi connectivity index (χ4v) is 2.80. The second kappa shape index (κ2) is 5.27. The van der Waals surface area contributed by atoms with Crippen molar-refractivity contribution in [2.75, 3.05) is 0 Å². The zero-order valence-corrected chi connectivity index (χ0v) is 12.1. The van der Waals surface area contributed by atoms with Crippen LogP contribution in [0.3, 0.4) is 0 Å². The average Bonchev–Trinajstić information content (AvgIpc) is 2.81. The summed E-state index contributed by atoms with van der Waals surface area (Å²) in [6.45, 7) is 4.32. The molecule has 2 aromatic rings. The van der Waals surface area contributed by atoms with Gasteiger partial charge in [0.25, 0.3) is 0 Å². The van der Waals surface area contributed by atoms with E-state index in [-0.39, 0.29) is 5.82 Å². The zero-order chi connectivity index (χ0) is 12.4. The Hall–Kier alpha value is -0.740. The van der Waals surface area contributed by atoms with Gasteiger partial charge in [0.1, 0.15) is 10.8 Å². The van der Waals surface area contributed by atoms with Crippen molar-refractivity contribution >= 4 is 27.3 Å².